The number of benzene rings is 1. The average molecular weight is 603 g/mol. The average Bonchev–Trinajstić information content (AvgIpc) is 3.19. The number of carbonyl (C=O) groups is 2. The zero-order chi connectivity index (χ0) is 27.8. The lowest BCUT2D eigenvalue weighted by molar-refractivity contribution is -0.145. The quantitative estimate of drug-likeness (QED) is 0.345. The van der Waals surface area contributed by atoms with Crippen LogP contribution >= 0.6 is 34.5 Å². The fourth-order valence-electron chi connectivity index (χ4n) is 5.01. The van der Waals surface area contributed by atoms with Gasteiger partial charge in [0.15, 0.2) is 5.01 Å². The van der Waals surface area contributed by atoms with E-state index in [-0.39, 0.29) is 31.9 Å². The molecule has 1 heterocycles. The summed E-state index contributed by atoms with van der Waals surface area (Å²) in [4.78, 5) is 29.4. The number of amides is 1. The summed E-state index contributed by atoms with van der Waals surface area (Å²) >= 11 is 14.3. The van der Waals surface area contributed by atoms with Crippen molar-refractivity contribution in [2.45, 2.75) is 88.6 Å². The lowest BCUT2D eigenvalue weighted by Gasteiger charge is -2.32. The highest BCUT2D eigenvalue weighted by molar-refractivity contribution is 7.89. The second-order valence-corrected chi connectivity index (χ2v) is 14.8. The Labute approximate surface area is 237 Å². The molecule has 2 saturated carbocycles. The first-order chi connectivity index (χ1) is 17.7. The third kappa shape index (κ3) is 6.88. The molecule has 1 amide bonds. The van der Waals surface area contributed by atoms with Crippen LogP contribution in [-0.4, -0.2) is 42.0 Å². The second kappa shape index (κ2) is 11.4. The Kier molecular flexibility index (Phi) is 8.79. The first kappa shape index (κ1) is 29.3. The number of thiazole rings is 1. The molecule has 38 heavy (non-hydrogen) atoms. The van der Waals surface area contributed by atoms with Gasteiger partial charge in [-0.05, 0) is 58.1 Å². The fraction of sp³-hybridized carbons (Fsp3) is 0.577. The topological polar surface area (TPSA) is 125 Å². The molecule has 2 aromatic rings. The maximum Gasteiger partial charge on any atom is 0.306 e. The minimum atomic E-state index is -3.92. The van der Waals surface area contributed by atoms with Crippen LogP contribution in [0.1, 0.15) is 81.2 Å². The van der Waals surface area contributed by atoms with Gasteiger partial charge in [0.1, 0.15) is 4.90 Å². The van der Waals surface area contributed by atoms with Crippen molar-refractivity contribution in [3.05, 3.63) is 32.9 Å². The number of nitrogens with one attached hydrogen (secondary N) is 2. The van der Waals surface area contributed by atoms with Crippen molar-refractivity contribution < 1.29 is 23.1 Å². The Morgan fingerprint density at radius 1 is 1.11 bits per heavy atom. The van der Waals surface area contributed by atoms with Gasteiger partial charge in [-0.2, -0.15) is 0 Å². The lowest BCUT2D eigenvalue weighted by Crippen LogP contribution is -2.46. The van der Waals surface area contributed by atoms with Gasteiger partial charge in [-0.15, -0.1) is 11.3 Å². The van der Waals surface area contributed by atoms with Crippen molar-refractivity contribution in [1.29, 1.82) is 0 Å². The van der Waals surface area contributed by atoms with Crippen molar-refractivity contribution in [2.24, 2.45) is 11.8 Å². The number of carboxylic acid groups (broad SMARTS) is 1. The summed E-state index contributed by atoms with van der Waals surface area (Å²) < 4.78 is 28.5. The Balaban J connectivity index is 1.66. The molecule has 0 radical (unpaired) electrons. The van der Waals surface area contributed by atoms with E-state index in [2.05, 4.69) is 10.0 Å². The number of hydrogen-bond acceptors (Lipinski definition) is 6. The van der Waals surface area contributed by atoms with E-state index in [4.69, 9.17) is 33.3 Å². The highest BCUT2D eigenvalue weighted by Crippen LogP contribution is 2.41. The van der Waals surface area contributed by atoms with Gasteiger partial charge in [-0.1, -0.05) is 55.3 Å². The molecule has 8 nitrogen and oxygen atoms in total. The van der Waals surface area contributed by atoms with E-state index in [9.17, 15) is 18.0 Å². The number of carboxylic acids is 1. The fourth-order valence-corrected chi connectivity index (χ4v) is 8.39. The van der Waals surface area contributed by atoms with Gasteiger partial charge in [0.2, 0.25) is 10.0 Å². The van der Waals surface area contributed by atoms with Gasteiger partial charge in [0.25, 0.3) is 5.91 Å². The molecule has 0 aliphatic heterocycles. The van der Waals surface area contributed by atoms with Crippen molar-refractivity contribution in [1.82, 2.24) is 15.0 Å². The van der Waals surface area contributed by atoms with E-state index in [0.717, 1.165) is 31.4 Å². The molecule has 0 atom stereocenters. The van der Waals surface area contributed by atoms with Crippen molar-refractivity contribution in [2.75, 3.05) is 0 Å². The number of sulfonamides is 1. The highest BCUT2D eigenvalue weighted by atomic mass is 35.5. The monoisotopic (exact) mass is 601 g/mol. The molecular weight excluding hydrogens is 569 g/mol. The Morgan fingerprint density at radius 2 is 1.76 bits per heavy atom. The summed E-state index contributed by atoms with van der Waals surface area (Å²) in [5, 5.41) is 12.5. The predicted molar refractivity (Wildman–Crippen MR) is 150 cm³/mol. The first-order valence-corrected chi connectivity index (χ1v) is 15.9. The van der Waals surface area contributed by atoms with Crippen molar-refractivity contribution in [3.8, 4) is 10.4 Å². The zero-order valence-electron chi connectivity index (χ0n) is 21.6. The molecule has 2 aliphatic rings. The van der Waals surface area contributed by atoms with E-state index in [0.29, 0.717) is 35.6 Å². The summed E-state index contributed by atoms with van der Waals surface area (Å²) in [6, 6.07) is 2.68. The number of carbonyl (C=O) groups excluding carboxylic acids is 1. The van der Waals surface area contributed by atoms with Crippen LogP contribution in [0.25, 0.3) is 10.4 Å². The molecule has 0 unspecified atom stereocenters. The zero-order valence-corrected chi connectivity index (χ0v) is 24.8. The summed E-state index contributed by atoms with van der Waals surface area (Å²) in [5.74, 6) is -1.20. The number of hydrogen-bond donors (Lipinski definition) is 3. The molecule has 1 aromatic heterocycles. The van der Waals surface area contributed by atoms with Crippen molar-refractivity contribution >= 4 is 56.4 Å². The van der Waals surface area contributed by atoms with Crippen LogP contribution < -0.4 is 10.0 Å². The summed E-state index contributed by atoms with van der Waals surface area (Å²) in [5.41, 5.74) is 0.569. The van der Waals surface area contributed by atoms with Gasteiger partial charge in [-0.25, -0.2) is 18.1 Å². The molecule has 2 fully saturated rings. The first-order valence-electron chi connectivity index (χ1n) is 12.8. The predicted octanol–water partition coefficient (Wildman–Crippen LogP) is 5.91. The standard InChI is InChI=1S/C26H33Cl2N3O5S2/c1-26(2,3)31-38(35,36)21-13-18(27)17(12-19(21)28)22-20(9-14-7-5-4-6-8-14)30-24(37-22)23(32)29-16-10-15(11-16)25(33)34/h12-16,31H,4-11H2,1-3H3,(H,29,32)(H,33,34)/t15-,16-. The van der Waals surface area contributed by atoms with E-state index in [1.54, 1.807) is 20.8 Å². The van der Waals surface area contributed by atoms with E-state index < -0.39 is 27.4 Å². The largest absolute Gasteiger partial charge is 0.481 e. The third-order valence-corrected chi connectivity index (χ3v) is 10.6. The smallest absolute Gasteiger partial charge is 0.306 e. The van der Waals surface area contributed by atoms with E-state index >= 15 is 0 Å². The lowest BCUT2D eigenvalue weighted by atomic mass is 9.80. The number of rotatable bonds is 8. The minimum Gasteiger partial charge on any atom is -0.481 e. The second-order valence-electron chi connectivity index (χ2n) is 11.3. The Hall–Kier alpha value is -1.72. The Bertz CT molecular complexity index is 1330. The third-order valence-electron chi connectivity index (χ3n) is 6.92. The maximum absolute atomic E-state index is 13.0. The molecule has 3 N–H and O–H groups in total. The van der Waals surface area contributed by atoms with Gasteiger partial charge in [0, 0.05) is 17.1 Å². The molecule has 0 bridgehead atoms. The minimum absolute atomic E-state index is 0.0262. The normalized spacial score (nSPS) is 20.7. The van der Waals surface area contributed by atoms with Crippen LogP contribution in [0.3, 0.4) is 0 Å². The number of aliphatic carboxylic acids is 1. The van der Waals surface area contributed by atoms with Crippen LogP contribution in [0.4, 0.5) is 0 Å². The van der Waals surface area contributed by atoms with Gasteiger partial charge < -0.3 is 10.4 Å². The van der Waals surface area contributed by atoms with Gasteiger partial charge in [-0.3, -0.25) is 9.59 Å². The molecule has 208 valence electrons. The Morgan fingerprint density at radius 3 is 2.37 bits per heavy atom. The summed E-state index contributed by atoms with van der Waals surface area (Å²) in [6.07, 6.45) is 7.18. The number of aromatic nitrogens is 1. The van der Waals surface area contributed by atoms with Gasteiger partial charge >= 0.3 is 5.97 Å². The molecule has 0 saturated heterocycles. The van der Waals surface area contributed by atoms with E-state index in [1.807, 2.05) is 0 Å². The molecule has 12 heteroatoms. The van der Waals surface area contributed by atoms with Crippen LogP contribution in [0.5, 0.6) is 0 Å². The van der Waals surface area contributed by atoms with Crippen LogP contribution in [0.15, 0.2) is 17.0 Å². The van der Waals surface area contributed by atoms with Crippen LogP contribution in [0, 0.1) is 11.8 Å². The van der Waals surface area contributed by atoms with Crippen LogP contribution in [0.2, 0.25) is 10.0 Å². The molecule has 1 aromatic carbocycles. The summed E-state index contributed by atoms with van der Waals surface area (Å²) in [6.45, 7) is 5.21. The molecule has 0 spiro atoms. The molecule has 4 rings (SSSR count). The molecule has 2 aliphatic carbocycles. The van der Waals surface area contributed by atoms with Crippen molar-refractivity contribution in [3.63, 3.8) is 0 Å². The number of halogens is 2. The summed E-state index contributed by atoms with van der Waals surface area (Å²) in [7, 11) is -3.92. The molecular formula is C26H33Cl2N3O5S2. The van der Waals surface area contributed by atoms with E-state index in [1.165, 1.54) is 29.9 Å². The SMILES string of the molecule is CC(C)(C)NS(=O)(=O)c1cc(Cl)c(-c2sc(C(=O)N[C@H]3C[C@H](C(=O)O)C3)nc2CC2CCCCC2)cc1Cl. The maximum atomic E-state index is 13.0. The van der Waals surface area contributed by atoms with Gasteiger partial charge in [0.05, 0.1) is 26.5 Å². The van der Waals surface area contributed by atoms with Crippen LogP contribution in [-0.2, 0) is 21.2 Å². The highest BCUT2D eigenvalue weighted by Gasteiger charge is 2.36. The number of nitrogens with zero attached hydrogens (tertiary/aromatic N) is 1.